The average molecular weight is 711 g/mol. The lowest BCUT2D eigenvalue weighted by Gasteiger charge is -2.28. The van der Waals surface area contributed by atoms with Crippen molar-refractivity contribution in [3.05, 3.63) is 124 Å². The number of aliphatic hydroxyl groups excluding tert-OH is 1. The minimum atomic E-state index is -0.451. The molecule has 2 N–H and O–H groups in total. The molecule has 0 aromatic heterocycles. The van der Waals surface area contributed by atoms with Crippen LogP contribution in [0.5, 0.6) is 17.2 Å². The standard InChI is InChI=1S/C47H50O6/c1-31-14-21-40-35-18-22-42-41(44(50)29-43(31)47(40)42)13-8-24-52-39(28-38(49)19-15-33-16-23-45(51-2)46(25-33)53-30-35)27-36-26-37(48)20-17-34(36)12-7-6-11-32-9-4-3-5-10-32/h3-5,9-10,16-18,20,22-23,25-26,29,31,34,36,39,48,50H,6-7,11-15,19,21,27-28,30H2,1-2H3. The quantitative estimate of drug-likeness (QED) is 0.140. The van der Waals surface area contributed by atoms with Crippen LogP contribution in [0, 0.1) is 23.9 Å². The number of carbonyl (C=O) groups excluding carboxylic acids is 1. The maximum Gasteiger partial charge on any atom is 0.161 e. The van der Waals surface area contributed by atoms with E-state index in [0.29, 0.717) is 49.7 Å². The molecule has 53 heavy (non-hydrogen) atoms. The van der Waals surface area contributed by atoms with E-state index >= 15 is 0 Å². The fourth-order valence-corrected chi connectivity index (χ4v) is 8.41. The van der Waals surface area contributed by atoms with Gasteiger partial charge in [0.25, 0.3) is 0 Å². The average Bonchev–Trinajstić information content (AvgIpc) is 3.16. The van der Waals surface area contributed by atoms with Crippen LogP contribution in [0.4, 0.5) is 0 Å². The number of aromatic hydroxyl groups is 1. The van der Waals surface area contributed by atoms with E-state index in [1.165, 1.54) is 16.5 Å². The number of rotatable bonds is 8. The highest BCUT2D eigenvalue weighted by atomic mass is 16.5. The minimum Gasteiger partial charge on any atom is -0.508 e. The van der Waals surface area contributed by atoms with Crippen molar-refractivity contribution in [1.29, 1.82) is 0 Å². The second kappa shape index (κ2) is 16.7. The van der Waals surface area contributed by atoms with Crippen LogP contribution in [-0.2, 0) is 41.8 Å². The third-order valence-corrected chi connectivity index (χ3v) is 11.4. The molecule has 6 heteroatoms. The van der Waals surface area contributed by atoms with Crippen LogP contribution in [0.1, 0.15) is 91.2 Å². The van der Waals surface area contributed by atoms with Gasteiger partial charge in [-0.3, -0.25) is 4.79 Å². The molecule has 6 nitrogen and oxygen atoms in total. The topological polar surface area (TPSA) is 85.2 Å². The summed E-state index contributed by atoms with van der Waals surface area (Å²) < 4.78 is 18.4. The van der Waals surface area contributed by atoms with Crippen molar-refractivity contribution in [2.75, 3.05) is 7.11 Å². The number of phenols is 1. The summed E-state index contributed by atoms with van der Waals surface area (Å²) in [5.41, 5.74) is 6.66. The molecule has 4 unspecified atom stereocenters. The van der Waals surface area contributed by atoms with Gasteiger partial charge in [-0.25, -0.2) is 0 Å². The zero-order valence-corrected chi connectivity index (χ0v) is 30.9. The molecular formula is C47H50O6. The van der Waals surface area contributed by atoms with Crippen LogP contribution in [0.2, 0.25) is 0 Å². The summed E-state index contributed by atoms with van der Waals surface area (Å²) in [4.78, 5) is 13.6. The molecule has 0 radical (unpaired) electrons. The Balaban J connectivity index is 1.16. The number of hydrogen-bond acceptors (Lipinski definition) is 6. The van der Waals surface area contributed by atoms with Crippen molar-refractivity contribution >= 4 is 16.6 Å². The van der Waals surface area contributed by atoms with Crippen molar-refractivity contribution in [3.63, 3.8) is 0 Å². The Hall–Kier alpha value is -5.15. The predicted octanol–water partition coefficient (Wildman–Crippen LogP) is 10.0. The molecule has 0 saturated heterocycles. The number of phenolic OH excluding ortho intramolecular Hbond substituents is 1. The summed E-state index contributed by atoms with van der Waals surface area (Å²) in [5, 5.41) is 24.0. The van der Waals surface area contributed by atoms with Crippen molar-refractivity contribution < 1.29 is 29.2 Å². The molecule has 2 aliphatic carbocycles. The number of aryl methyl sites for hydroxylation is 3. The molecular weight excluding hydrogens is 661 g/mol. The van der Waals surface area contributed by atoms with E-state index in [9.17, 15) is 15.0 Å². The fraction of sp³-hybridized carbons (Fsp3) is 0.383. The van der Waals surface area contributed by atoms with Crippen molar-refractivity contribution in [2.24, 2.45) is 11.8 Å². The van der Waals surface area contributed by atoms with Gasteiger partial charge in [-0.2, -0.15) is 0 Å². The Labute approximate surface area is 313 Å². The second-order valence-corrected chi connectivity index (χ2v) is 15.0. The summed E-state index contributed by atoms with van der Waals surface area (Å²) in [7, 11) is 1.64. The molecule has 0 saturated carbocycles. The number of hydrogen-bond donors (Lipinski definition) is 2. The number of methoxy groups -OCH3 is 1. The molecule has 6 bridgehead atoms. The summed E-state index contributed by atoms with van der Waals surface area (Å²) in [6.07, 6.45) is 16.4. The van der Waals surface area contributed by atoms with E-state index in [-0.39, 0.29) is 35.5 Å². The van der Waals surface area contributed by atoms with Gasteiger partial charge >= 0.3 is 0 Å². The first-order chi connectivity index (χ1) is 25.9. The van der Waals surface area contributed by atoms with Crippen molar-refractivity contribution in [3.8, 4) is 29.3 Å². The van der Waals surface area contributed by atoms with Crippen molar-refractivity contribution in [2.45, 2.75) is 96.2 Å². The first-order valence-corrected chi connectivity index (χ1v) is 19.2. The van der Waals surface area contributed by atoms with E-state index in [2.05, 4.69) is 61.4 Å². The first-order valence-electron chi connectivity index (χ1n) is 19.2. The number of Topliss-reactive ketones (excluding diaryl/α,β-unsaturated/α-hetero) is 1. The summed E-state index contributed by atoms with van der Waals surface area (Å²) >= 11 is 0. The van der Waals surface area contributed by atoms with Gasteiger partial charge in [-0.15, -0.1) is 0 Å². The van der Waals surface area contributed by atoms with Gasteiger partial charge in [-0.1, -0.05) is 73.9 Å². The van der Waals surface area contributed by atoms with Crippen LogP contribution in [0.25, 0.3) is 10.8 Å². The lowest BCUT2D eigenvalue weighted by atomic mass is 9.79. The third kappa shape index (κ3) is 8.57. The van der Waals surface area contributed by atoms with Gasteiger partial charge in [-0.05, 0) is 132 Å². The Morgan fingerprint density at radius 1 is 0.943 bits per heavy atom. The molecule has 4 aromatic rings. The number of unbranched alkanes of at least 4 members (excludes halogenated alkanes) is 1. The molecule has 2 aliphatic heterocycles. The molecule has 8 rings (SSSR count). The van der Waals surface area contributed by atoms with Crippen molar-refractivity contribution in [1.82, 2.24) is 0 Å². The lowest BCUT2D eigenvalue weighted by molar-refractivity contribution is -0.121. The van der Waals surface area contributed by atoms with Gasteiger partial charge < -0.3 is 24.4 Å². The Morgan fingerprint density at radius 3 is 2.66 bits per heavy atom. The van der Waals surface area contributed by atoms with Gasteiger partial charge in [0, 0.05) is 24.8 Å². The number of carbonyl (C=O) groups is 1. The highest BCUT2D eigenvalue weighted by molar-refractivity contribution is 5.95. The molecule has 0 fully saturated rings. The Morgan fingerprint density at radius 2 is 1.81 bits per heavy atom. The SMILES string of the molecule is COc1ccc2cc1OCc1ccc3c(c(O)cc4c3c1CCC4C)CC#COC(CC1C=C(O)C=CC1CCCCc1ccccc1)CC(=O)CC2. The first kappa shape index (κ1) is 36.2. The number of fused-ring (bicyclic) bond motifs is 9. The van der Waals surface area contributed by atoms with Gasteiger partial charge in [0.05, 0.1) is 7.11 Å². The highest BCUT2D eigenvalue weighted by Crippen LogP contribution is 2.43. The number of ketones is 1. The summed E-state index contributed by atoms with van der Waals surface area (Å²) in [6, 6.07) is 22.6. The zero-order chi connectivity index (χ0) is 36.7. The van der Waals surface area contributed by atoms with Crippen LogP contribution in [-0.4, -0.2) is 29.2 Å². The predicted molar refractivity (Wildman–Crippen MR) is 209 cm³/mol. The largest absolute Gasteiger partial charge is 0.508 e. The molecule has 4 atom stereocenters. The molecule has 0 spiro atoms. The van der Waals surface area contributed by atoms with E-state index < -0.39 is 6.10 Å². The number of aliphatic hydroxyl groups is 1. The van der Waals surface area contributed by atoms with Gasteiger partial charge in [0.15, 0.2) is 11.5 Å². The van der Waals surface area contributed by atoms with Crippen LogP contribution < -0.4 is 9.47 Å². The maximum absolute atomic E-state index is 13.6. The smallest absolute Gasteiger partial charge is 0.161 e. The van der Waals surface area contributed by atoms with E-state index in [4.69, 9.17) is 14.2 Å². The van der Waals surface area contributed by atoms with Gasteiger partial charge in [0.1, 0.15) is 36.1 Å². The number of ether oxygens (including phenoxy) is 3. The monoisotopic (exact) mass is 710 g/mol. The zero-order valence-electron chi connectivity index (χ0n) is 30.9. The second-order valence-electron chi connectivity index (χ2n) is 15.0. The highest BCUT2D eigenvalue weighted by Gasteiger charge is 2.28. The molecule has 274 valence electrons. The lowest BCUT2D eigenvalue weighted by Crippen LogP contribution is -2.24. The number of allylic oxidation sites excluding steroid dienone is 3. The van der Waals surface area contributed by atoms with Crippen LogP contribution in [0.15, 0.2) is 90.7 Å². The number of benzene rings is 4. The maximum atomic E-state index is 13.6. The van der Waals surface area contributed by atoms with E-state index in [1.807, 2.05) is 36.4 Å². The summed E-state index contributed by atoms with van der Waals surface area (Å²) in [5.74, 6) is 5.64. The normalized spacial score (nSPS) is 21.4. The fourth-order valence-electron chi connectivity index (χ4n) is 8.41. The molecule has 4 aromatic carbocycles. The Kier molecular flexibility index (Phi) is 11.4. The minimum absolute atomic E-state index is 0.0138. The third-order valence-electron chi connectivity index (χ3n) is 11.4. The Bertz CT molecular complexity index is 2070. The molecule has 4 aliphatic rings. The summed E-state index contributed by atoms with van der Waals surface area (Å²) in [6.45, 7) is 2.61. The molecule has 0 amide bonds. The van der Waals surface area contributed by atoms with Crippen LogP contribution in [0.3, 0.4) is 0 Å². The van der Waals surface area contributed by atoms with Gasteiger partial charge in [0.2, 0.25) is 0 Å². The van der Waals surface area contributed by atoms with Crippen LogP contribution >= 0.6 is 0 Å². The van der Waals surface area contributed by atoms with E-state index in [1.54, 1.807) is 13.2 Å². The molecule has 2 heterocycles. The van der Waals surface area contributed by atoms with E-state index in [0.717, 1.165) is 66.2 Å².